The van der Waals surface area contributed by atoms with E-state index in [4.69, 9.17) is 4.74 Å². The van der Waals surface area contributed by atoms with E-state index in [1.807, 2.05) is 36.1 Å². The molecule has 0 spiro atoms. The highest BCUT2D eigenvalue weighted by atomic mass is 32.1. The summed E-state index contributed by atoms with van der Waals surface area (Å²) in [6.07, 6.45) is 3.17. The van der Waals surface area contributed by atoms with E-state index >= 15 is 0 Å². The fourth-order valence-electron chi connectivity index (χ4n) is 3.55. The zero-order valence-corrected chi connectivity index (χ0v) is 15.2. The van der Waals surface area contributed by atoms with E-state index in [-0.39, 0.29) is 24.6 Å². The van der Waals surface area contributed by atoms with Crippen molar-refractivity contribution in [1.29, 1.82) is 0 Å². The maximum Gasteiger partial charge on any atom is 0.349 e. The van der Waals surface area contributed by atoms with Crippen LogP contribution in [0.25, 0.3) is 10.1 Å². The van der Waals surface area contributed by atoms with Crippen LogP contribution in [-0.4, -0.2) is 35.5 Å². The van der Waals surface area contributed by atoms with Crippen LogP contribution in [0.2, 0.25) is 0 Å². The lowest BCUT2D eigenvalue weighted by Crippen LogP contribution is -2.49. The van der Waals surface area contributed by atoms with Crippen molar-refractivity contribution in [3.8, 4) is 0 Å². The molecule has 2 atom stereocenters. The van der Waals surface area contributed by atoms with Crippen molar-refractivity contribution in [2.45, 2.75) is 52.1 Å². The molecule has 0 N–H and O–H groups in total. The summed E-state index contributed by atoms with van der Waals surface area (Å²) in [7, 11) is 0. The average Bonchev–Trinajstić information content (AvgIpc) is 2.90. The molecule has 1 fully saturated rings. The Bertz CT molecular complexity index is 757. The monoisotopic (exact) mass is 345 g/mol. The van der Waals surface area contributed by atoms with Gasteiger partial charge in [0.15, 0.2) is 6.61 Å². The Morgan fingerprint density at radius 3 is 2.54 bits per heavy atom. The molecule has 1 aromatic carbocycles. The summed E-state index contributed by atoms with van der Waals surface area (Å²) >= 11 is 1.42. The first-order valence-electron chi connectivity index (χ1n) is 8.45. The number of benzene rings is 1. The lowest BCUT2D eigenvalue weighted by Gasteiger charge is -2.38. The number of rotatable bonds is 3. The van der Waals surface area contributed by atoms with Gasteiger partial charge in [-0.3, -0.25) is 4.79 Å². The number of piperidine rings is 1. The standard InChI is InChI=1S/C19H23NO3S/c1-12-7-6-8-13(2)20(12)17(21)11-23-19(22)18-14(3)15-9-4-5-10-16(15)24-18/h4-5,9-10,12-13H,6-8,11H2,1-3H3/t12-,13+. The molecule has 0 saturated carbocycles. The Labute approximate surface area is 146 Å². The number of ether oxygens (including phenoxy) is 1. The van der Waals surface area contributed by atoms with E-state index in [1.54, 1.807) is 0 Å². The first-order chi connectivity index (χ1) is 11.5. The third-order valence-corrected chi connectivity index (χ3v) is 6.09. The summed E-state index contributed by atoms with van der Waals surface area (Å²) in [6.45, 7) is 5.87. The molecule has 1 aliphatic heterocycles. The summed E-state index contributed by atoms with van der Waals surface area (Å²) in [5.41, 5.74) is 0.924. The minimum absolute atomic E-state index is 0.0955. The number of esters is 1. The number of hydrogen-bond acceptors (Lipinski definition) is 4. The van der Waals surface area contributed by atoms with Crippen LogP contribution in [0.1, 0.15) is 48.3 Å². The van der Waals surface area contributed by atoms with Crippen LogP contribution in [0.15, 0.2) is 24.3 Å². The zero-order chi connectivity index (χ0) is 17.3. The maximum atomic E-state index is 12.5. The number of carbonyl (C=O) groups excluding carboxylic acids is 2. The molecular formula is C19H23NO3S. The molecule has 128 valence electrons. The number of aryl methyl sites for hydroxylation is 1. The van der Waals surface area contributed by atoms with Gasteiger partial charge in [-0.1, -0.05) is 18.2 Å². The van der Waals surface area contributed by atoms with Crippen LogP contribution in [-0.2, 0) is 9.53 Å². The van der Waals surface area contributed by atoms with E-state index in [1.165, 1.54) is 11.3 Å². The third kappa shape index (κ3) is 3.18. The molecule has 5 heteroatoms. The lowest BCUT2D eigenvalue weighted by atomic mass is 9.97. The molecular weight excluding hydrogens is 322 g/mol. The Kier molecular flexibility index (Phi) is 4.90. The van der Waals surface area contributed by atoms with Crippen LogP contribution in [0.4, 0.5) is 0 Å². The molecule has 0 unspecified atom stereocenters. The van der Waals surface area contributed by atoms with Crippen LogP contribution >= 0.6 is 11.3 Å². The van der Waals surface area contributed by atoms with E-state index < -0.39 is 5.97 Å². The molecule has 24 heavy (non-hydrogen) atoms. The van der Waals surface area contributed by atoms with Crippen LogP contribution in [0, 0.1) is 6.92 Å². The highest BCUT2D eigenvalue weighted by Crippen LogP contribution is 2.31. The lowest BCUT2D eigenvalue weighted by molar-refractivity contribution is -0.140. The molecule has 3 rings (SSSR count). The number of nitrogens with zero attached hydrogens (tertiary/aromatic N) is 1. The fraction of sp³-hybridized carbons (Fsp3) is 0.474. The summed E-state index contributed by atoms with van der Waals surface area (Å²) in [6, 6.07) is 8.33. The predicted molar refractivity (Wildman–Crippen MR) is 96.5 cm³/mol. The van der Waals surface area contributed by atoms with Gasteiger partial charge < -0.3 is 9.64 Å². The van der Waals surface area contributed by atoms with E-state index in [2.05, 4.69) is 13.8 Å². The van der Waals surface area contributed by atoms with Crippen molar-refractivity contribution >= 4 is 33.3 Å². The molecule has 4 nitrogen and oxygen atoms in total. The number of fused-ring (bicyclic) bond motifs is 1. The van der Waals surface area contributed by atoms with Crippen molar-refractivity contribution in [3.63, 3.8) is 0 Å². The molecule has 1 aliphatic rings. The first-order valence-corrected chi connectivity index (χ1v) is 9.27. The summed E-state index contributed by atoms with van der Waals surface area (Å²) in [4.78, 5) is 27.3. The Morgan fingerprint density at radius 2 is 1.88 bits per heavy atom. The van der Waals surface area contributed by atoms with Crippen LogP contribution in [0.5, 0.6) is 0 Å². The molecule has 0 radical (unpaired) electrons. The quantitative estimate of drug-likeness (QED) is 0.785. The molecule has 2 aromatic rings. The minimum Gasteiger partial charge on any atom is -0.451 e. The van der Waals surface area contributed by atoms with Crippen LogP contribution < -0.4 is 0 Å². The average molecular weight is 345 g/mol. The van der Waals surface area contributed by atoms with Crippen molar-refractivity contribution < 1.29 is 14.3 Å². The number of amides is 1. The first kappa shape index (κ1) is 17.0. The van der Waals surface area contributed by atoms with Crippen LogP contribution in [0.3, 0.4) is 0 Å². The number of thiophene rings is 1. The number of hydrogen-bond donors (Lipinski definition) is 0. The van der Waals surface area contributed by atoms with E-state index in [0.29, 0.717) is 4.88 Å². The van der Waals surface area contributed by atoms with Gasteiger partial charge in [-0.2, -0.15) is 0 Å². The second-order valence-corrected chi connectivity index (χ2v) is 7.61. The van der Waals surface area contributed by atoms with E-state index in [9.17, 15) is 9.59 Å². The molecule has 0 aliphatic carbocycles. The fourth-order valence-corrected chi connectivity index (χ4v) is 4.65. The van der Waals surface area contributed by atoms with E-state index in [0.717, 1.165) is 34.9 Å². The zero-order valence-electron chi connectivity index (χ0n) is 14.4. The molecule has 0 bridgehead atoms. The van der Waals surface area contributed by atoms with Gasteiger partial charge in [0.1, 0.15) is 4.88 Å². The Balaban J connectivity index is 1.68. The topological polar surface area (TPSA) is 46.6 Å². The minimum atomic E-state index is -0.403. The normalized spacial score (nSPS) is 21.0. The van der Waals surface area contributed by atoms with Crippen molar-refractivity contribution in [2.24, 2.45) is 0 Å². The van der Waals surface area contributed by atoms with Gasteiger partial charge in [0.2, 0.25) is 0 Å². The molecule has 1 saturated heterocycles. The van der Waals surface area contributed by atoms with Crippen molar-refractivity contribution in [1.82, 2.24) is 4.90 Å². The van der Waals surface area contributed by atoms with Gasteiger partial charge in [0.05, 0.1) is 0 Å². The molecule has 1 aromatic heterocycles. The summed E-state index contributed by atoms with van der Waals surface area (Å²) < 4.78 is 6.39. The molecule has 1 amide bonds. The van der Waals surface area contributed by atoms with Gasteiger partial charge in [-0.25, -0.2) is 4.79 Å². The maximum absolute atomic E-state index is 12.5. The van der Waals surface area contributed by atoms with Gasteiger partial charge in [-0.15, -0.1) is 11.3 Å². The third-order valence-electron chi connectivity index (χ3n) is 4.84. The van der Waals surface area contributed by atoms with Gasteiger partial charge >= 0.3 is 5.97 Å². The summed E-state index contributed by atoms with van der Waals surface area (Å²) in [5, 5.41) is 1.07. The Morgan fingerprint density at radius 1 is 1.21 bits per heavy atom. The van der Waals surface area contributed by atoms with Crippen molar-refractivity contribution in [3.05, 3.63) is 34.7 Å². The SMILES string of the molecule is Cc1c(C(=O)OCC(=O)N2[C@H](C)CCC[C@@H]2C)sc2ccccc12. The predicted octanol–water partition coefficient (Wildman–Crippen LogP) is 4.16. The van der Waals surface area contributed by atoms with Gasteiger partial charge in [-0.05, 0) is 57.0 Å². The Hall–Kier alpha value is -1.88. The number of carbonyl (C=O) groups is 2. The van der Waals surface area contributed by atoms with Crippen molar-refractivity contribution in [2.75, 3.05) is 6.61 Å². The highest BCUT2D eigenvalue weighted by Gasteiger charge is 2.29. The second-order valence-electron chi connectivity index (χ2n) is 6.56. The molecule has 2 heterocycles. The summed E-state index contributed by atoms with van der Waals surface area (Å²) in [5.74, 6) is -0.499. The largest absolute Gasteiger partial charge is 0.451 e. The van der Waals surface area contributed by atoms with Gasteiger partial charge in [0.25, 0.3) is 5.91 Å². The highest BCUT2D eigenvalue weighted by molar-refractivity contribution is 7.21. The van der Waals surface area contributed by atoms with Gasteiger partial charge in [0, 0.05) is 16.8 Å². The number of likely N-dealkylation sites (tertiary alicyclic amines) is 1. The smallest absolute Gasteiger partial charge is 0.349 e. The second kappa shape index (κ2) is 6.93.